The second-order valence-electron chi connectivity index (χ2n) is 7.39. The van der Waals surface area contributed by atoms with E-state index in [4.69, 9.17) is 0 Å². The van der Waals surface area contributed by atoms with E-state index >= 15 is 0 Å². The van der Waals surface area contributed by atoms with Crippen LogP contribution in [0.2, 0.25) is 0 Å². The normalized spacial score (nSPS) is 23.4. The number of likely N-dealkylation sites (tertiary alicyclic amines) is 1. The standard InChI is InChI=1S/C20H26N4O/c1-14-5-3-4-6-19(14)24-15(2)18(13-22-24)20(25)23-9-7-16-11-21-12-17(16)8-10-23/h3-6,13,16-17,21H,7-12H2,1-2H3/t16-,17+. The van der Waals surface area contributed by atoms with E-state index in [0.29, 0.717) is 0 Å². The molecule has 1 N–H and O–H groups in total. The lowest BCUT2D eigenvalue weighted by Crippen LogP contribution is -2.33. The van der Waals surface area contributed by atoms with Gasteiger partial charge in [0.25, 0.3) is 5.91 Å². The summed E-state index contributed by atoms with van der Waals surface area (Å²) in [5, 5.41) is 7.99. The molecular formula is C20H26N4O. The molecule has 0 unspecified atom stereocenters. The van der Waals surface area contributed by atoms with Crippen LogP contribution in [-0.2, 0) is 0 Å². The minimum atomic E-state index is 0.130. The molecule has 1 aromatic heterocycles. The van der Waals surface area contributed by atoms with Crippen LogP contribution >= 0.6 is 0 Å². The van der Waals surface area contributed by atoms with Gasteiger partial charge in [0.1, 0.15) is 0 Å². The highest BCUT2D eigenvalue weighted by molar-refractivity contribution is 5.95. The second kappa shape index (κ2) is 6.64. The molecule has 0 saturated carbocycles. The van der Waals surface area contributed by atoms with E-state index in [1.807, 2.05) is 34.7 Å². The first kappa shape index (κ1) is 16.3. The van der Waals surface area contributed by atoms with Gasteiger partial charge in [0.05, 0.1) is 23.1 Å². The highest BCUT2D eigenvalue weighted by Gasteiger charge is 2.32. The first-order valence-corrected chi connectivity index (χ1v) is 9.26. The van der Waals surface area contributed by atoms with Gasteiger partial charge in [0, 0.05) is 13.1 Å². The van der Waals surface area contributed by atoms with Crippen molar-refractivity contribution in [3.63, 3.8) is 0 Å². The molecule has 0 radical (unpaired) electrons. The first-order chi connectivity index (χ1) is 12.1. The molecule has 2 fully saturated rings. The van der Waals surface area contributed by atoms with Crippen LogP contribution in [0.5, 0.6) is 0 Å². The Kier molecular flexibility index (Phi) is 4.34. The zero-order valence-corrected chi connectivity index (χ0v) is 15.0. The summed E-state index contributed by atoms with van der Waals surface area (Å²) in [5.74, 6) is 1.59. The summed E-state index contributed by atoms with van der Waals surface area (Å²) in [6.07, 6.45) is 3.94. The molecule has 3 heterocycles. The predicted molar refractivity (Wildman–Crippen MR) is 98.0 cm³/mol. The van der Waals surface area contributed by atoms with Crippen LogP contribution in [0.15, 0.2) is 30.5 Å². The Labute approximate surface area is 149 Å². The van der Waals surface area contributed by atoms with Gasteiger partial charge in [0.2, 0.25) is 0 Å². The largest absolute Gasteiger partial charge is 0.339 e. The summed E-state index contributed by atoms with van der Waals surface area (Å²) < 4.78 is 1.89. The van der Waals surface area contributed by atoms with E-state index in [-0.39, 0.29) is 5.91 Å². The summed E-state index contributed by atoms with van der Waals surface area (Å²) >= 11 is 0. The summed E-state index contributed by atoms with van der Waals surface area (Å²) in [7, 11) is 0. The van der Waals surface area contributed by atoms with Crippen molar-refractivity contribution in [1.82, 2.24) is 20.0 Å². The fourth-order valence-corrected chi connectivity index (χ4v) is 4.26. The van der Waals surface area contributed by atoms with Gasteiger partial charge in [-0.1, -0.05) is 18.2 Å². The lowest BCUT2D eigenvalue weighted by atomic mass is 9.92. The van der Waals surface area contributed by atoms with Crippen molar-refractivity contribution >= 4 is 5.91 Å². The third-order valence-corrected chi connectivity index (χ3v) is 5.89. The van der Waals surface area contributed by atoms with Gasteiger partial charge in [-0.15, -0.1) is 0 Å². The molecule has 25 heavy (non-hydrogen) atoms. The van der Waals surface area contributed by atoms with Crippen LogP contribution in [0.1, 0.15) is 34.5 Å². The molecule has 2 aromatic rings. The quantitative estimate of drug-likeness (QED) is 0.915. The number of para-hydroxylation sites is 1. The number of hydrogen-bond donors (Lipinski definition) is 1. The van der Waals surface area contributed by atoms with E-state index in [1.165, 1.54) is 0 Å². The maximum Gasteiger partial charge on any atom is 0.257 e. The minimum absolute atomic E-state index is 0.130. The van der Waals surface area contributed by atoms with Crippen molar-refractivity contribution in [1.29, 1.82) is 0 Å². The molecule has 0 bridgehead atoms. The number of fused-ring (bicyclic) bond motifs is 1. The average molecular weight is 338 g/mol. The molecule has 4 rings (SSSR count). The second-order valence-corrected chi connectivity index (χ2v) is 7.39. The molecule has 0 spiro atoms. The molecule has 0 aliphatic carbocycles. The molecule has 5 nitrogen and oxygen atoms in total. The van der Waals surface area contributed by atoms with Gasteiger partial charge >= 0.3 is 0 Å². The Morgan fingerprint density at radius 3 is 2.48 bits per heavy atom. The Bertz CT molecular complexity index is 768. The van der Waals surface area contributed by atoms with Gasteiger partial charge < -0.3 is 10.2 Å². The van der Waals surface area contributed by atoms with Crippen molar-refractivity contribution in [2.24, 2.45) is 11.8 Å². The number of rotatable bonds is 2. The van der Waals surface area contributed by atoms with E-state index in [9.17, 15) is 4.79 Å². The number of nitrogens with zero attached hydrogens (tertiary/aromatic N) is 3. The number of benzene rings is 1. The zero-order chi connectivity index (χ0) is 17.4. The summed E-state index contributed by atoms with van der Waals surface area (Å²) in [5.41, 5.74) is 3.84. The molecule has 5 heteroatoms. The summed E-state index contributed by atoms with van der Waals surface area (Å²) in [6.45, 7) is 7.99. The molecule has 2 atom stereocenters. The maximum atomic E-state index is 13.1. The zero-order valence-electron chi connectivity index (χ0n) is 15.0. The number of aromatic nitrogens is 2. The molecule has 132 valence electrons. The van der Waals surface area contributed by atoms with Crippen LogP contribution in [0.4, 0.5) is 0 Å². The van der Waals surface area contributed by atoms with Gasteiger partial charge in [-0.05, 0) is 63.2 Å². The van der Waals surface area contributed by atoms with E-state index in [2.05, 4.69) is 23.4 Å². The highest BCUT2D eigenvalue weighted by atomic mass is 16.2. The Morgan fingerprint density at radius 2 is 1.80 bits per heavy atom. The molecule has 1 amide bonds. The molecule has 2 saturated heterocycles. The SMILES string of the molecule is Cc1ccccc1-n1ncc(C(=O)N2CC[C@@H]3CNC[C@@H]3CC2)c1C. The van der Waals surface area contributed by atoms with Gasteiger partial charge in [0.15, 0.2) is 0 Å². The van der Waals surface area contributed by atoms with E-state index in [0.717, 1.165) is 73.4 Å². The van der Waals surface area contributed by atoms with Crippen molar-refractivity contribution in [2.45, 2.75) is 26.7 Å². The Morgan fingerprint density at radius 1 is 1.12 bits per heavy atom. The van der Waals surface area contributed by atoms with Crippen molar-refractivity contribution in [3.8, 4) is 5.69 Å². The van der Waals surface area contributed by atoms with Crippen LogP contribution in [0, 0.1) is 25.7 Å². The Balaban J connectivity index is 1.56. The molecular weight excluding hydrogens is 312 g/mol. The highest BCUT2D eigenvalue weighted by Crippen LogP contribution is 2.28. The number of carbonyl (C=O) groups excluding carboxylic acids is 1. The number of hydrogen-bond acceptors (Lipinski definition) is 3. The van der Waals surface area contributed by atoms with Gasteiger partial charge in [-0.25, -0.2) is 4.68 Å². The predicted octanol–water partition coefficient (Wildman–Crippen LogP) is 2.56. The monoisotopic (exact) mass is 338 g/mol. The fourth-order valence-electron chi connectivity index (χ4n) is 4.26. The maximum absolute atomic E-state index is 13.1. The third-order valence-electron chi connectivity index (χ3n) is 5.89. The van der Waals surface area contributed by atoms with E-state index in [1.54, 1.807) is 6.20 Å². The fraction of sp³-hybridized carbons (Fsp3) is 0.500. The van der Waals surface area contributed by atoms with Crippen LogP contribution < -0.4 is 5.32 Å². The molecule has 1 aromatic carbocycles. The number of aryl methyl sites for hydroxylation is 1. The smallest absolute Gasteiger partial charge is 0.257 e. The van der Waals surface area contributed by atoms with Crippen molar-refractivity contribution in [2.75, 3.05) is 26.2 Å². The minimum Gasteiger partial charge on any atom is -0.339 e. The lowest BCUT2D eigenvalue weighted by molar-refractivity contribution is 0.0757. The first-order valence-electron chi connectivity index (χ1n) is 9.26. The Hall–Kier alpha value is -2.14. The van der Waals surface area contributed by atoms with E-state index < -0.39 is 0 Å². The third kappa shape index (κ3) is 2.97. The summed E-state index contributed by atoms with van der Waals surface area (Å²) in [6, 6.07) is 8.14. The van der Waals surface area contributed by atoms with Crippen molar-refractivity contribution in [3.05, 3.63) is 47.3 Å². The van der Waals surface area contributed by atoms with Crippen LogP contribution in [-0.4, -0.2) is 46.8 Å². The molecule has 2 aliphatic rings. The topological polar surface area (TPSA) is 50.2 Å². The summed E-state index contributed by atoms with van der Waals surface area (Å²) in [4.78, 5) is 15.1. The van der Waals surface area contributed by atoms with Crippen molar-refractivity contribution < 1.29 is 4.79 Å². The lowest BCUT2D eigenvalue weighted by Gasteiger charge is -2.20. The van der Waals surface area contributed by atoms with Crippen LogP contribution in [0.3, 0.4) is 0 Å². The van der Waals surface area contributed by atoms with Gasteiger partial charge in [-0.2, -0.15) is 5.10 Å². The van der Waals surface area contributed by atoms with Gasteiger partial charge in [-0.3, -0.25) is 4.79 Å². The number of nitrogens with one attached hydrogen (secondary N) is 1. The molecule has 2 aliphatic heterocycles. The average Bonchev–Trinajstić information content (AvgIpc) is 3.16. The number of carbonyl (C=O) groups is 1. The van der Waals surface area contributed by atoms with Crippen LogP contribution in [0.25, 0.3) is 5.69 Å². The number of amides is 1.